The zero-order valence-electron chi connectivity index (χ0n) is 9.15. The standard InChI is InChI=1S/C11H13N3O2/c1-7(13)11(15)14-9-4-3-8(6-12)5-10(9)16-2/h3-5,7H,13H2,1-2H3,(H,14,15). The fraction of sp³-hybridized carbons (Fsp3) is 0.273. The van der Waals surface area contributed by atoms with Gasteiger partial charge in [-0.2, -0.15) is 5.26 Å². The number of rotatable bonds is 3. The third kappa shape index (κ3) is 2.72. The van der Waals surface area contributed by atoms with Crippen LogP contribution in [0.3, 0.4) is 0 Å². The number of ether oxygens (including phenoxy) is 1. The van der Waals surface area contributed by atoms with Crippen molar-refractivity contribution in [3.63, 3.8) is 0 Å². The first-order valence-corrected chi connectivity index (χ1v) is 4.73. The number of benzene rings is 1. The van der Waals surface area contributed by atoms with Crippen LogP contribution in [0.15, 0.2) is 18.2 Å². The van der Waals surface area contributed by atoms with E-state index >= 15 is 0 Å². The molecular weight excluding hydrogens is 206 g/mol. The maximum atomic E-state index is 11.4. The van der Waals surface area contributed by atoms with E-state index in [2.05, 4.69) is 5.32 Å². The van der Waals surface area contributed by atoms with E-state index in [1.54, 1.807) is 25.1 Å². The van der Waals surface area contributed by atoms with Crippen molar-refractivity contribution in [1.82, 2.24) is 0 Å². The molecule has 0 heterocycles. The van der Waals surface area contributed by atoms with Gasteiger partial charge in [-0.1, -0.05) is 0 Å². The van der Waals surface area contributed by atoms with Gasteiger partial charge in [-0.05, 0) is 19.1 Å². The van der Waals surface area contributed by atoms with E-state index in [0.29, 0.717) is 17.0 Å². The summed E-state index contributed by atoms with van der Waals surface area (Å²) in [5.41, 5.74) is 6.40. The number of methoxy groups -OCH3 is 1. The molecule has 0 saturated carbocycles. The van der Waals surface area contributed by atoms with Gasteiger partial charge in [-0.15, -0.1) is 0 Å². The molecule has 1 unspecified atom stereocenters. The highest BCUT2D eigenvalue weighted by atomic mass is 16.5. The van der Waals surface area contributed by atoms with Gasteiger partial charge in [-0.25, -0.2) is 0 Å². The predicted octanol–water partition coefficient (Wildman–Crippen LogP) is 0.853. The summed E-state index contributed by atoms with van der Waals surface area (Å²) in [7, 11) is 1.47. The van der Waals surface area contributed by atoms with E-state index in [0.717, 1.165) is 0 Å². The summed E-state index contributed by atoms with van der Waals surface area (Å²) >= 11 is 0. The first kappa shape index (κ1) is 12.0. The number of hydrogen-bond acceptors (Lipinski definition) is 4. The Bertz CT molecular complexity index is 435. The molecule has 0 bridgehead atoms. The third-order valence-electron chi connectivity index (χ3n) is 2.00. The van der Waals surface area contributed by atoms with Crippen LogP contribution in [0.2, 0.25) is 0 Å². The molecule has 5 heteroatoms. The number of amides is 1. The Labute approximate surface area is 93.8 Å². The molecule has 0 aliphatic rings. The Hall–Kier alpha value is -2.06. The molecule has 0 saturated heterocycles. The summed E-state index contributed by atoms with van der Waals surface area (Å²) in [6.45, 7) is 1.59. The fourth-order valence-corrected chi connectivity index (χ4v) is 1.11. The predicted molar refractivity (Wildman–Crippen MR) is 60.0 cm³/mol. The largest absolute Gasteiger partial charge is 0.495 e. The molecule has 16 heavy (non-hydrogen) atoms. The highest BCUT2D eigenvalue weighted by molar-refractivity contribution is 5.95. The Morgan fingerprint density at radius 1 is 1.62 bits per heavy atom. The van der Waals surface area contributed by atoms with Crippen LogP contribution in [0.5, 0.6) is 5.75 Å². The Balaban J connectivity index is 2.97. The molecule has 0 aliphatic carbocycles. The summed E-state index contributed by atoms with van der Waals surface area (Å²) in [5, 5.41) is 11.3. The van der Waals surface area contributed by atoms with Gasteiger partial charge in [0.1, 0.15) is 5.75 Å². The number of anilines is 1. The monoisotopic (exact) mass is 219 g/mol. The van der Waals surface area contributed by atoms with Crippen molar-refractivity contribution in [2.75, 3.05) is 12.4 Å². The molecule has 3 N–H and O–H groups in total. The van der Waals surface area contributed by atoms with E-state index in [1.807, 2.05) is 6.07 Å². The van der Waals surface area contributed by atoms with Crippen molar-refractivity contribution in [3.8, 4) is 11.8 Å². The first-order valence-electron chi connectivity index (χ1n) is 4.73. The lowest BCUT2D eigenvalue weighted by atomic mass is 10.2. The second kappa shape index (κ2) is 5.14. The van der Waals surface area contributed by atoms with Gasteiger partial charge in [0.25, 0.3) is 0 Å². The average molecular weight is 219 g/mol. The number of carbonyl (C=O) groups excluding carboxylic acids is 1. The number of nitrogens with two attached hydrogens (primary N) is 1. The van der Waals surface area contributed by atoms with Gasteiger partial charge >= 0.3 is 0 Å². The molecule has 1 aromatic carbocycles. The molecule has 0 aromatic heterocycles. The van der Waals surface area contributed by atoms with Gasteiger partial charge in [0, 0.05) is 6.07 Å². The minimum Gasteiger partial charge on any atom is -0.495 e. The number of nitrogens with zero attached hydrogens (tertiary/aromatic N) is 1. The molecule has 1 rings (SSSR count). The quantitative estimate of drug-likeness (QED) is 0.788. The van der Waals surface area contributed by atoms with Gasteiger partial charge in [0.2, 0.25) is 5.91 Å². The number of nitrogens with one attached hydrogen (secondary N) is 1. The molecule has 0 aliphatic heterocycles. The molecule has 1 atom stereocenters. The van der Waals surface area contributed by atoms with Crippen LogP contribution in [0.25, 0.3) is 0 Å². The van der Waals surface area contributed by atoms with Crippen LogP contribution in [0.4, 0.5) is 5.69 Å². The maximum absolute atomic E-state index is 11.4. The zero-order valence-corrected chi connectivity index (χ0v) is 9.15. The van der Waals surface area contributed by atoms with E-state index in [1.165, 1.54) is 7.11 Å². The van der Waals surface area contributed by atoms with Gasteiger partial charge < -0.3 is 15.8 Å². The van der Waals surface area contributed by atoms with Crippen molar-refractivity contribution < 1.29 is 9.53 Å². The second-order valence-corrected chi connectivity index (χ2v) is 3.30. The summed E-state index contributed by atoms with van der Waals surface area (Å²) in [4.78, 5) is 11.4. The van der Waals surface area contributed by atoms with Crippen molar-refractivity contribution >= 4 is 11.6 Å². The van der Waals surface area contributed by atoms with E-state index in [9.17, 15) is 4.79 Å². The van der Waals surface area contributed by atoms with Crippen molar-refractivity contribution in [2.24, 2.45) is 5.73 Å². The van der Waals surface area contributed by atoms with Crippen LogP contribution in [-0.4, -0.2) is 19.1 Å². The molecule has 1 aromatic rings. The van der Waals surface area contributed by atoms with E-state index < -0.39 is 6.04 Å². The van der Waals surface area contributed by atoms with E-state index in [4.69, 9.17) is 15.7 Å². The first-order chi connectivity index (χ1) is 7.58. The Kier molecular flexibility index (Phi) is 3.86. The summed E-state index contributed by atoms with van der Waals surface area (Å²) in [5.74, 6) is 0.135. The molecule has 0 fully saturated rings. The lowest BCUT2D eigenvalue weighted by molar-refractivity contribution is -0.117. The van der Waals surface area contributed by atoms with Crippen molar-refractivity contribution in [3.05, 3.63) is 23.8 Å². The Morgan fingerprint density at radius 2 is 2.31 bits per heavy atom. The second-order valence-electron chi connectivity index (χ2n) is 3.30. The average Bonchev–Trinajstić information content (AvgIpc) is 2.29. The molecular formula is C11H13N3O2. The lowest BCUT2D eigenvalue weighted by Crippen LogP contribution is -2.32. The van der Waals surface area contributed by atoms with Gasteiger partial charge in [0.05, 0.1) is 30.5 Å². The van der Waals surface area contributed by atoms with E-state index in [-0.39, 0.29) is 5.91 Å². The van der Waals surface area contributed by atoms with Crippen LogP contribution in [0.1, 0.15) is 12.5 Å². The topological polar surface area (TPSA) is 88.1 Å². The molecule has 84 valence electrons. The number of nitriles is 1. The van der Waals surface area contributed by atoms with Crippen LogP contribution < -0.4 is 15.8 Å². The van der Waals surface area contributed by atoms with Crippen molar-refractivity contribution in [1.29, 1.82) is 5.26 Å². The SMILES string of the molecule is COc1cc(C#N)ccc1NC(=O)C(C)N. The Morgan fingerprint density at radius 3 is 2.81 bits per heavy atom. The minimum absolute atomic E-state index is 0.303. The van der Waals surface area contributed by atoms with Gasteiger partial charge in [0.15, 0.2) is 0 Å². The van der Waals surface area contributed by atoms with Crippen LogP contribution in [-0.2, 0) is 4.79 Å². The zero-order chi connectivity index (χ0) is 12.1. The maximum Gasteiger partial charge on any atom is 0.241 e. The lowest BCUT2D eigenvalue weighted by Gasteiger charge is -2.11. The summed E-state index contributed by atoms with van der Waals surface area (Å²) < 4.78 is 5.06. The highest BCUT2D eigenvalue weighted by Crippen LogP contribution is 2.25. The normalized spacial score (nSPS) is 11.4. The van der Waals surface area contributed by atoms with Crippen LogP contribution >= 0.6 is 0 Å². The van der Waals surface area contributed by atoms with Crippen molar-refractivity contribution in [2.45, 2.75) is 13.0 Å². The smallest absolute Gasteiger partial charge is 0.241 e. The molecule has 0 spiro atoms. The molecule has 5 nitrogen and oxygen atoms in total. The highest BCUT2D eigenvalue weighted by Gasteiger charge is 2.11. The molecule has 0 radical (unpaired) electrons. The van der Waals surface area contributed by atoms with Gasteiger partial charge in [-0.3, -0.25) is 4.79 Å². The number of carbonyl (C=O) groups is 1. The van der Waals surface area contributed by atoms with Crippen LogP contribution in [0, 0.1) is 11.3 Å². The molecule has 1 amide bonds. The number of hydrogen-bond donors (Lipinski definition) is 2. The summed E-state index contributed by atoms with van der Waals surface area (Å²) in [6.07, 6.45) is 0. The minimum atomic E-state index is -0.597. The third-order valence-corrected chi connectivity index (χ3v) is 2.00. The summed E-state index contributed by atoms with van der Waals surface area (Å²) in [6, 6.07) is 6.15. The fourth-order valence-electron chi connectivity index (χ4n) is 1.11.